The van der Waals surface area contributed by atoms with Crippen molar-refractivity contribution in [3.05, 3.63) is 95.7 Å². The van der Waals surface area contributed by atoms with Gasteiger partial charge in [-0.3, -0.25) is 9.78 Å². The van der Waals surface area contributed by atoms with Crippen LogP contribution >= 0.6 is 0 Å². The van der Waals surface area contributed by atoms with Gasteiger partial charge in [-0.25, -0.2) is 4.79 Å². The molecule has 0 saturated heterocycles. The van der Waals surface area contributed by atoms with Crippen LogP contribution in [0.3, 0.4) is 0 Å². The first-order valence-corrected chi connectivity index (χ1v) is 10.9. The normalized spacial score (nSPS) is 11.1. The number of carboxylic acids is 1. The number of nitrogens with two attached hydrogens (primary N) is 1. The van der Waals surface area contributed by atoms with E-state index in [2.05, 4.69) is 10.3 Å². The van der Waals surface area contributed by atoms with E-state index in [1.807, 2.05) is 13.8 Å². The lowest BCUT2D eigenvalue weighted by molar-refractivity contribution is -0.137. The molecule has 0 aliphatic heterocycles. The molecule has 0 unspecified atom stereocenters. The SMILES string of the molecule is CC(C)N.O=C(O)c1cnc2cc(NC(=O)c3ccccc3-c3ccc(C(F)(F)F)cc3)ccc2c1. The summed E-state index contributed by atoms with van der Waals surface area (Å²) in [5.41, 5.74) is 6.61. The number of hydrogen-bond acceptors (Lipinski definition) is 4. The number of nitrogens with one attached hydrogen (secondary N) is 1. The van der Waals surface area contributed by atoms with Crippen molar-refractivity contribution < 1.29 is 27.9 Å². The van der Waals surface area contributed by atoms with Gasteiger partial charge in [0, 0.05) is 22.8 Å². The minimum absolute atomic E-state index is 0.0553. The Morgan fingerprint density at radius 1 is 0.972 bits per heavy atom. The van der Waals surface area contributed by atoms with Gasteiger partial charge >= 0.3 is 12.1 Å². The number of nitrogens with zero attached hydrogens (tertiary/aromatic N) is 1. The average molecular weight is 496 g/mol. The van der Waals surface area contributed by atoms with E-state index < -0.39 is 23.6 Å². The summed E-state index contributed by atoms with van der Waals surface area (Å²) in [6, 6.07) is 17.9. The molecule has 1 amide bonds. The fourth-order valence-corrected chi connectivity index (χ4v) is 3.29. The number of aromatic nitrogens is 1. The van der Waals surface area contributed by atoms with Crippen molar-refractivity contribution >= 4 is 28.5 Å². The molecule has 1 heterocycles. The molecule has 9 heteroatoms. The molecule has 4 aromatic rings. The van der Waals surface area contributed by atoms with E-state index in [1.165, 1.54) is 24.4 Å². The summed E-state index contributed by atoms with van der Waals surface area (Å²) in [6.07, 6.45) is -3.21. The molecule has 0 bridgehead atoms. The molecule has 0 saturated carbocycles. The van der Waals surface area contributed by atoms with Gasteiger partial charge in [-0.15, -0.1) is 0 Å². The summed E-state index contributed by atoms with van der Waals surface area (Å²) in [5.74, 6) is -1.53. The number of aromatic carboxylic acids is 1. The number of halogens is 3. The standard InChI is InChI=1S/C24H15F3N2O3.C3H9N/c25-24(26,27)17-8-5-14(6-9-17)19-3-1-2-4-20(19)22(30)29-18-10-7-15-11-16(23(31)32)13-28-21(15)12-18;1-3(2)4/h1-13H,(H,29,30)(H,31,32);3H,4H2,1-2H3. The van der Waals surface area contributed by atoms with Gasteiger partial charge in [-0.1, -0.05) is 50.2 Å². The number of pyridine rings is 1. The lowest BCUT2D eigenvalue weighted by Crippen LogP contribution is -2.13. The minimum Gasteiger partial charge on any atom is -0.478 e. The van der Waals surface area contributed by atoms with Gasteiger partial charge in [0.1, 0.15) is 0 Å². The Labute approximate surface area is 205 Å². The lowest BCUT2D eigenvalue weighted by atomic mass is 9.98. The van der Waals surface area contributed by atoms with Gasteiger partial charge in [-0.05, 0) is 53.6 Å². The average Bonchev–Trinajstić information content (AvgIpc) is 2.83. The second-order valence-corrected chi connectivity index (χ2v) is 8.26. The Kier molecular flexibility index (Phi) is 8.06. The number of rotatable bonds is 4. The topological polar surface area (TPSA) is 105 Å². The van der Waals surface area contributed by atoms with Crippen LogP contribution in [0.5, 0.6) is 0 Å². The maximum Gasteiger partial charge on any atom is 0.416 e. The quantitative estimate of drug-likeness (QED) is 0.312. The fraction of sp³-hybridized carbons (Fsp3) is 0.148. The molecule has 0 fully saturated rings. The van der Waals surface area contributed by atoms with Crippen LogP contribution in [0.25, 0.3) is 22.0 Å². The molecule has 36 heavy (non-hydrogen) atoms. The summed E-state index contributed by atoms with van der Waals surface area (Å²) in [7, 11) is 0. The van der Waals surface area contributed by atoms with Crippen molar-refractivity contribution in [3.8, 4) is 11.1 Å². The van der Waals surface area contributed by atoms with Crippen molar-refractivity contribution in [2.45, 2.75) is 26.1 Å². The van der Waals surface area contributed by atoms with Crippen LogP contribution in [0, 0.1) is 0 Å². The summed E-state index contributed by atoms with van der Waals surface area (Å²) < 4.78 is 38.5. The first kappa shape index (κ1) is 26.4. The number of benzene rings is 3. The molecule has 4 N–H and O–H groups in total. The highest BCUT2D eigenvalue weighted by Crippen LogP contribution is 2.32. The van der Waals surface area contributed by atoms with E-state index in [0.717, 1.165) is 12.1 Å². The van der Waals surface area contributed by atoms with E-state index in [9.17, 15) is 22.8 Å². The van der Waals surface area contributed by atoms with Crippen LogP contribution in [0.2, 0.25) is 0 Å². The minimum atomic E-state index is -4.44. The highest BCUT2D eigenvalue weighted by atomic mass is 19.4. The van der Waals surface area contributed by atoms with E-state index in [-0.39, 0.29) is 5.56 Å². The van der Waals surface area contributed by atoms with Crippen molar-refractivity contribution in [1.82, 2.24) is 4.98 Å². The number of fused-ring (bicyclic) bond motifs is 1. The van der Waals surface area contributed by atoms with Crippen LogP contribution in [0.15, 0.2) is 79.0 Å². The molecule has 0 aliphatic carbocycles. The molecule has 1 aromatic heterocycles. The Balaban J connectivity index is 0.000000840. The van der Waals surface area contributed by atoms with Crippen LogP contribution in [-0.2, 0) is 6.18 Å². The highest BCUT2D eigenvalue weighted by molar-refractivity contribution is 6.09. The number of hydrogen-bond donors (Lipinski definition) is 3. The first-order valence-electron chi connectivity index (χ1n) is 10.9. The maximum atomic E-state index is 12.9. The number of carbonyl (C=O) groups is 2. The molecule has 0 atom stereocenters. The molecular weight excluding hydrogens is 471 g/mol. The second kappa shape index (κ2) is 11.0. The van der Waals surface area contributed by atoms with Crippen LogP contribution in [0.4, 0.5) is 18.9 Å². The molecule has 4 rings (SSSR count). The molecule has 6 nitrogen and oxygen atoms in total. The smallest absolute Gasteiger partial charge is 0.416 e. The largest absolute Gasteiger partial charge is 0.478 e. The van der Waals surface area contributed by atoms with Gasteiger partial charge in [0.25, 0.3) is 5.91 Å². The van der Waals surface area contributed by atoms with E-state index >= 15 is 0 Å². The van der Waals surface area contributed by atoms with Crippen molar-refractivity contribution in [2.24, 2.45) is 5.73 Å². The second-order valence-electron chi connectivity index (χ2n) is 8.26. The van der Waals surface area contributed by atoms with Gasteiger partial charge in [0.15, 0.2) is 0 Å². The molecule has 3 aromatic carbocycles. The Hall–Kier alpha value is -4.24. The lowest BCUT2D eigenvalue weighted by Gasteiger charge is -2.12. The molecule has 0 spiro atoms. The number of anilines is 1. The predicted octanol–water partition coefficient (Wildman–Crippen LogP) is 6.22. The molecule has 0 aliphatic rings. The van der Waals surface area contributed by atoms with E-state index in [0.29, 0.717) is 39.3 Å². The maximum absolute atomic E-state index is 12.9. The molecular formula is C27H24F3N3O3. The van der Waals surface area contributed by atoms with Crippen LogP contribution in [-0.4, -0.2) is 28.0 Å². The number of alkyl halides is 3. The van der Waals surface area contributed by atoms with Gasteiger partial charge < -0.3 is 16.2 Å². The van der Waals surface area contributed by atoms with Crippen LogP contribution < -0.4 is 11.1 Å². The Bertz CT molecular complexity index is 1380. The van der Waals surface area contributed by atoms with Gasteiger partial charge in [0.2, 0.25) is 0 Å². The number of amides is 1. The van der Waals surface area contributed by atoms with Crippen LogP contribution in [0.1, 0.15) is 40.1 Å². The Morgan fingerprint density at radius 2 is 1.61 bits per heavy atom. The van der Waals surface area contributed by atoms with Crippen molar-refractivity contribution in [3.63, 3.8) is 0 Å². The van der Waals surface area contributed by atoms with Crippen molar-refractivity contribution in [1.29, 1.82) is 0 Å². The zero-order chi connectivity index (χ0) is 26.5. The summed E-state index contributed by atoms with van der Waals surface area (Å²) in [6.45, 7) is 3.89. The summed E-state index contributed by atoms with van der Waals surface area (Å²) in [4.78, 5) is 28.1. The number of carbonyl (C=O) groups excluding carboxylic acids is 1. The highest BCUT2D eigenvalue weighted by Gasteiger charge is 2.30. The monoisotopic (exact) mass is 495 g/mol. The fourth-order valence-electron chi connectivity index (χ4n) is 3.29. The van der Waals surface area contributed by atoms with E-state index in [1.54, 1.807) is 42.5 Å². The predicted molar refractivity (Wildman–Crippen MR) is 133 cm³/mol. The summed E-state index contributed by atoms with van der Waals surface area (Å²) in [5, 5.41) is 12.4. The third kappa shape index (κ3) is 6.67. The Morgan fingerprint density at radius 3 is 2.22 bits per heavy atom. The number of carboxylic acid groups (broad SMARTS) is 1. The summed E-state index contributed by atoms with van der Waals surface area (Å²) >= 11 is 0. The molecule has 0 radical (unpaired) electrons. The van der Waals surface area contributed by atoms with E-state index in [4.69, 9.17) is 10.8 Å². The van der Waals surface area contributed by atoms with Gasteiger partial charge in [0.05, 0.1) is 16.6 Å². The van der Waals surface area contributed by atoms with Crippen molar-refractivity contribution in [2.75, 3.05) is 5.32 Å². The molecule has 186 valence electrons. The zero-order valence-electron chi connectivity index (χ0n) is 19.5. The van der Waals surface area contributed by atoms with Gasteiger partial charge in [-0.2, -0.15) is 13.2 Å². The third-order valence-corrected chi connectivity index (χ3v) is 4.88. The first-order chi connectivity index (χ1) is 17.0. The third-order valence-electron chi connectivity index (χ3n) is 4.88. The zero-order valence-corrected chi connectivity index (χ0v) is 19.5.